The van der Waals surface area contributed by atoms with Crippen LogP contribution in [0.2, 0.25) is 0 Å². The Morgan fingerprint density at radius 1 is 1.00 bits per heavy atom. The normalized spacial score (nSPS) is 18.3. The average molecular weight is 518 g/mol. The number of nitrogens with two attached hydrogens (primary N) is 1. The number of hydrogen-bond acceptors (Lipinski definition) is 7. The zero-order valence-corrected chi connectivity index (χ0v) is 23.0. The standard InChI is InChI=1S/C28H43N3O6/c1-18-7-9-19(10-8-18)15-21(31-25(36)28(29)13-11-27(5,6)12-14-28)24(35)30-20(22(33)17-32)16-23(34)37-26(2,3)4/h7-10,20-21,32H,11-17,29H2,1-6H3,(H,30,35)(H,31,36)/t20-,21+/m0/s1. The Labute approximate surface area is 219 Å². The van der Waals surface area contributed by atoms with Gasteiger partial charge in [0.05, 0.1) is 12.0 Å². The lowest BCUT2D eigenvalue weighted by atomic mass is 9.69. The number of rotatable bonds is 10. The molecule has 0 radical (unpaired) electrons. The minimum Gasteiger partial charge on any atom is -0.460 e. The molecule has 9 heteroatoms. The van der Waals surface area contributed by atoms with Crippen LogP contribution in [0.25, 0.3) is 0 Å². The van der Waals surface area contributed by atoms with Crippen molar-refractivity contribution in [1.82, 2.24) is 10.6 Å². The molecule has 0 aliphatic heterocycles. The fourth-order valence-electron chi connectivity index (χ4n) is 4.25. The van der Waals surface area contributed by atoms with Crippen molar-refractivity contribution in [3.63, 3.8) is 0 Å². The van der Waals surface area contributed by atoms with Crippen LogP contribution in [-0.2, 0) is 30.3 Å². The van der Waals surface area contributed by atoms with Gasteiger partial charge in [0, 0.05) is 6.42 Å². The van der Waals surface area contributed by atoms with E-state index in [1.165, 1.54) is 0 Å². The number of ketones is 1. The highest BCUT2D eigenvalue weighted by molar-refractivity contribution is 5.96. The molecule has 9 nitrogen and oxygen atoms in total. The summed E-state index contributed by atoms with van der Waals surface area (Å²) in [5.74, 6) is -2.50. The predicted octanol–water partition coefficient (Wildman–Crippen LogP) is 2.10. The lowest BCUT2D eigenvalue weighted by Crippen LogP contribution is -2.61. The summed E-state index contributed by atoms with van der Waals surface area (Å²) in [7, 11) is 0. The second-order valence-electron chi connectivity index (χ2n) is 12.0. The zero-order valence-electron chi connectivity index (χ0n) is 23.0. The Morgan fingerprint density at radius 2 is 1.57 bits per heavy atom. The van der Waals surface area contributed by atoms with E-state index in [1.54, 1.807) is 20.8 Å². The minimum absolute atomic E-state index is 0.0986. The van der Waals surface area contributed by atoms with Crippen LogP contribution in [0.5, 0.6) is 0 Å². The summed E-state index contributed by atoms with van der Waals surface area (Å²) in [6.45, 7) is 10.4. The SMILES string of the molecule is Cc1ccc(C[C@@H](NC(=O)C2(N)CCC(C)(C)CC2)C(=O)N[C@@H](CC(=O)OC(C)(C)C)C(=O)CO)cc1. The Balaban J connectivity index is 2.23. The van der Waals surface area contributed by atoms with Gasteiger partial charge in [0.15, 0.2) is 5.78 Å². The summed E-state index contributed by atoms with van der Waals surface area (Å²) in [4.78, 5) is 51.4. The van der Waals surface area contributed by atoms with Crippen LogP contribution in [0.1, 0.15) is 77.8 Å². The van der Waals surface area contributed by atoms with Gasteiger partial charge in [-0.3, -0.25) is 19.2 Å². The first-order chi connectivity index (χ1) is 17.0. The van der Waals surface area contributed by atoms with Gasteiger partial charge >= 0.3 is 5.97 Å². The van der Waals surface area contributed by atoms with Gasteiger partial charge in [-0.15, -0.1) is 0 Å². The van der Waals surface area contributed by atoms with E-state index in [2.05, 4.69) is 24.5 Å². The number of hydrogen-bond donors (Lipinski definition) is 4. The van der Waals surface area contributed by atoms with Crippen molar-refractivity contribution in [3.8, 4) is 0 Å². The van der Waals surface area contributed by atoms with Gasteiger partial charge in [-0.2, -0.15) is 0 Å². The second kappa shape index (κ2) is 12.2. The predicted molar refractivity (Wildman–Crippen MR) is 140 cm³/mol. The molecule has 0 bridgehead atoms. The lowest BCUT2D eigenvalue weighted by Gasteiger charge is -2.40. The number of benzene rings is 1. The minimum atomic E-state index is -1.30. The molecule has 1 aliphatic carbocycles. The van der Waals surface area contributed by atoms with Crippen LogP contribution >= 0.6 is 0 Å². The summed E-state index contributed by atoms with van der Waals surface area (Å²) >= 11 is 0. The highest BCUT2D eigenvalue weighted by Crippen LogP contribution is 2.39. The van der Waals surface area contributed by atoms with Crippen molar-refractivity contribution < 1.29 is 29.0 Å². The van der Waals surface area contributed by atoms with Crippen molar-refractivity contribution in [2.75, 3.05) is 6.61 Å². The number of esters is 1. The average Bonchev–Trinajstić information content (AvgIpc) is 2.79. The van der Waals surface area contributed by atoms with Gasteiger partial charge in [0.25, 0.3) is 0 Å². The van der Waals surface area contributed by atoms with Crippen LogP contribution in [0.3, 0.4) is 0 Å². The molecular formula is C28H43N3O6. The molecule has 2 atom stereocenters. The number of amides is 2. The highest BCUT2D eigenvalue weighted by atomic mass is 16.6. The molecule has 1 aliphatic rings. The first-order valence-electron chi connectivity index (χ1n) is 12.8. The molecule has 0 heterocycles. The zero-order chi connectivity index (χ0) is 28.0. The third-order valence-electron chi connectivity index (χ3n) is 6.78. The molecule has 206 valence electrons. The van der Waals surface area contributed by atoms with E-state index in [0.717, 1.165) is 24.0 Å². The van der Waals surface area contributed by atoms with Crippen LogP contribution < -0.4 is 16.4 Å². The smallest absolute Gasteiger partial charge is 0.308 e. The first kappa shape index (κ1) is 30.4. The van der Waals surface area contributed by atoms with Gasteiger partial charge in [-0.1, -0.05) is 43.7 Å². The number of aliphatic hydroxyl groups excluding tert-OH is 1. The topological polar surface area (TPSA) is 148 Å². The maximum Gasteiger partial charge on any atom is 0.308 e. The van der Waals surface area contributed by atoms with E-state index in [4.69, 9.17) is 10.5 Å². The number of Topliss-reactive ketones (excluding diaryl/α,β-unsaturated/α-hetero) is 1. The third kappa shape index (κ3) is 9.55. The molecule has 0 spiro atoms. The lowest BCUT2D eigenvalue weighted by molar-refractivity contribution is -0.156. The maximum absolute atomic E-state index is 13.4. The number of carbonyl (C=O) groups excluding carboxylic acids is 4. The van der Waals surface area contributed by atoms with Crippen LogP contribution in [0.4, 0.5) is 0 Å². The summed E-state index contributed by atoms with van der Waals surface area (Å²) in [6, 6.07) is 5.19. The summed E-state index contributed by atoms with van der Waals surface area (Å²) in [5, 5.41) is 14.8. The van der Waals surface area contributed by atoms with E-state index in [-0.39, 0.29) is 11.8 Å². The van der Waals surface area contributed by atoms with Gasteiger partial charge in [-0.05, 0) is 64.4 Å². The van der Waals surface area contributed by atoms with Crippen LogP contribution in [0, 0.1) is 12.3 Å². The number of aliphatic hydroxyl groups is 1. The quantitative estimate of drug-likeness (QED) is 0.347. The number of ether oxygens (including phenoxy) is 1. The van der Waals surface area contributed by atoms with Crippen molar-refractivity contribution in [2.24, 2.45) is 11.1 Å². The largest absolute Gasteiger partial charge is 0.460 e. The Kier molecular flexibility index (Phi) is 10.0. The Hall–Kier alpha value is -2.78. The molecule has 1 aromatic carbocycles. The van der Waals surface area contributed by atoms with Crippen molar-refractivity contribution in [2.45, 2.75) is 103 Å². The molecule has 0 unspecified atom stereocenters. The van der Waals surface area contributed by atoms with E-state index in [0.29, 0.717) is 12.8 Å². The van der Waals surface area contributed by atoms with E-state index in [1.807, 2.05) is 31.2 Å². The van der Waals surface area contributed by atoms with E-state index >= 15 is 0 Å². The molecule has 1 aromatic rings. The summed E-state index contributed by atoms with van der Waals surface area (Å²) in [5.41, 5.74) is 6.56. The van der Waals surface area contributed by atoms with Crippen molar-refractivity contribution >= 4 is 23.6 Å². The molecule has 0 aromatic heterocycles. The molecule has 2 rings (SSSR count). The summed E-state index contributed by atoms with van der Waals surface area (Å²) < 4.78 is 5.28. The highest BCUT2D eigenvalue weighted by Gasteiger charge is 2.42. The van der Waals surface area contributed by atoms with Crippen molar-refractivity contribution in [1.29, 1.82) is 0 Å². The molecule has 1 saturated carbocycles. The number of nitrogens with one attached hydrogen (secondary N) is 2. The van der Waals surface area contributed by atoms with E-state index < -0.39 is 59.8 Å². The molecule has 37 heavy (non-hydrogen) atoms. The molecular weight excluding hydrogens is 474 g/mol. The van der Waals surface area contributed by atoms with Crippen molar-refractivity contribution in [3.05, 3.63) is 35.4 Å². The number of carbonyl (C=O) groups is 4. The molecule has 0 saturated heterocycles. The molecule has 2 amide bonds. The number of aryl methyl sites for hydroxylation is 1. The molecule has 5 N–H and O–H groups in total. The van der Waals surface area contributed by atoms with Crippen LogP contribution in [-0.4, -0.2) is 58.5 Å². The first-order valence-corrected chi connectivity index (χ1v) is 12.8. The van der Waals surface area contributed by atoms with Crippen LogP contribution in [0.15, 0.2) is 24.3 Å². The van der Waals surface area contributed by atoms with Gasteiger partial charge < -0.3 is 26.2 Å². The Morgan fingerprint density at radius 3 is 2.08 bits per heavy atom. The second-order valence-corrected chi connectivity index (χ2v) is 12.0. The third-order valence-corrected chi connectivity index (χ3v) is 6.78. The maximum atomic E-state index is 13.4. The van der Waals surface area contributed by atoms with Gasteiger partial charge in [0.1, 0.15) is 24.3 Å². The fourth-order valence-corrected chi connectivity index (χ4v) is 4.25. The van der Waals surface area contributed by atoms with E-state index in [9.17, 15) is 24.3 Å². The van der Waals surface area contributed by atoms with Gasteiger partial charge in [0.2, 0.25) is 11.8 Å². The van der Waals surface area contributed by atoms with Gasteiger partial charge in [-0.25, -0.2) is 0 Å². The fraction of sp³-hybridized carbons (Fsp3) is 0.643. The Bertz CT molecular complexity index is 971. The summed E-state index contributed by atoms with van der Waals surface area (Å²) in [6.07, 6.45) is 2.28. The molecule has 1 fully saturated rings. The monoisotopic (exact) mass is 517 g/mol.